The van der Waals surface area contributed by atoms with Crippen molar-refractivity contribution < 1.29 is 23.1 Å². The molecule has 1 rings (SSSR count). The summed E-state index contributed by atoms with van der Waals surface area (Å²) >= 11 is 0. The Kier molecular flexibility index (Phi) is 6.35. The van der Waals surface area contributed by atoms with E-state index in [1.807, 2.05) is 0 Å². The number of carboxylic acids is 1. The summed E-state index contributed by atoms with van der Waals surface area (Å²) in [5.41, 5.74) is 5.53. The van der Waals surface area contributed by atoms with Crippen LogP contribution in [0.4, 0.5) is 13.2 Å². The second-order valence-corrected chi connectivity index (χ2v) is 3.79. The number of likely N-dealkylation sites (tertiary alicyclic amines) is 1. The molecule has 1 fully saturated rings. The van der Waals surface area contributed by atoms with E-state index in [0.29, 0.717) is 0 Å². The van der Waals surface area contributed by atoms with E-state index in [1.54, 1.807) is 0 Å². The molecule has 0 aromatic carbocycles. The van der Waals surface area contributed by atoms with Gasteiger partial charge < -0.3 is 15.7 Å². The summed E-state index contributed by atoms with van der Waals surface area (Å²) in [6, 6.07) is 0. The monoisotopic (exact) mass is 242 g/mol. The van der Waals surface area contributed by atoms with E-state index in [2.05, 4.69) is 11.9 Å². The van der Waals surface area contributed by atoms with E-state index in [0.717, 1.165) is 12.5 Å². The van der Waals surface area contributed by atoms with E-state index < -0.39 is 12.1 Å². The Morgan fingerprint density at radius 2 is 1.81 bits per heavy atom. The van der Waals surface area contributed by atoms with Crippen molar-refractivity contribution in [3.63, 3.8) is 0 Å². The number of nitrogens with zero attached hydrogens (tertiary/aromatic N) is 1. The maximum Gasteiger partial charge on any atom is 0.490 e. The van der Waals surface area contributed by atoms with Crippen LogP contribution in [0.2, 0.25) is 0 Å². The summed E-state index contributed by atoms with van der Waals surface area (Å²) in [4.78, 5) is 11.3. The third-order valence-electron chi connectivity index (χ3n) is 2.41. The van der Waals surface area contributed by atoms with Gasteiger partial charge in [0.2, 0.25) is 0 Å². The third-order valence-corrected chi connectivity index (χ3v) is 2.41. The van der Waals surface area contributed by atoms with Gasteiger partial charge in [0.15, 0.2) is 0 Å². The van der Waals surface area contributed by atoms with Gasteiger partial charge in [-0.05, 0) is 45.4 Å². The summed E-state index contributed by atoms with van der Waals surface area (Å²) in [5, 5.41) is 7.12. The minimum atomic E-state index is -5.08. The largest absolute Gasteiger partial charge is 0.490 e. The van der Waals surface area contributed by atoms with Crippen LogP contribution in [-0.2, 0) is 4.79 Å². The van der Waals surface area contributed by atoms with Crippen molar-refractivity contribution in [3.05, 3.63) is 0 Å². The molecule has 7 heteroatoms. The van der Waals surface area contributed by atoms with E-state index >= 15 is 0 Å². The summed E-state index contributed by atoms with van der Waals surface area (Å²) in [5.74, 6) is -1.95. The number of alkyl halides is 3. The Balaban J connectivity index is 0.000000293. The highest BCUT2D eigenvalue weighted by Crippen LogP contribution is 2.13. The van der Waals surface area contributed by atoms with E-state index in [4.69, 9.17) is 15.6 Å². The maximum absolute atomic E-state index is 10.6. The van der Waals surface area contributed by atoms with Gasteiger partial charge in [0.05, 0.1) is 0 Å². The maximum atomic E-state index is 10.6. The van der Waals surface area contributed by atoms with Gasteiger partial charge in [-0.15, -0.1) is 0 Å². The van der Waals surface area contributed by atoms with Gasteiger partial charge in [0.25, 0.3) is 0 Å². The van der Waals surface area contributed by atoms with Crippen LogP contribution in [0.15, 0.2) is 0 Å². The van der Waals surface area contributed by atoms with E-state index in [-0.39, 0.29) is 0 Å². The molecule has 0 spiro atoms. The molecule has 1 aliphatic heterocycles. The summed E-state index contributed by atoms with van der Waals surface area (Å²) in [7, 11) is 2.17. The average molecular weight is 242 g/mol. The molecular weight excluding hydrogens is 225 g/mol. The predicted octanol–water partition coefficient (Wildman–Crippen LogP) is 0.920. The number of carbonyl (C=O) groups is 1. The Labute approximate surface area is 92.2 Å². The van der Waals surface area contributed by atoms with Crippen LogP contribution in [-0.4, -0.2) is 48.8 Å². The number of nitrogens with two attached hydrogens (primary N) is 1. The van der Waals surface area contributed by atoms with Gasteiger partial charge in [-0.25, -0.2) is 4.79 Å². The van der Waals surface area contributed by atoms with Gasteiger partial charge in [-0.3, -0.25) is 0 Å². The zero-order valence-corrected chi connectivity index (χ0v) is 9.13. The van der Waals surface area contributed by atoms with Gasteiger partial charge >= 0.3 is 12.1 Å². The molecule has 3 N–H and O–H groups in total. The van der Waals surface area contributed by atoms with E-state index in [9.17, 15) is 13.2 Å². The number of aliphatic carboxylic acids is 1. The second-order valence-electron chi connectivity index (χ2n) is 3.79. The smallest absolute Gasteiger partial charge is 0.475 e. The zero-order chi connectivity index (χ0) is 12.8. The van der Waals surface area contributed by atoms with Gasteiger partial charge in [-0.1, -0.05) is 0 Å². The first-order chi connectivity index (χ1) is 7.27. The normalized spacial score (nSPS) is 18.8. The minimum absolute atomic E-state index is 0.807. The minimum Gasteiger partial charge on any atom is -0.475 e. The molecule has 0 atom stereocenters. The SMILES string of the molecule is CN1CCC(CN)CC1.O=C(O)C(F)(F)F. The first kappa shape index (κ1) is 15.2. The zero-order valence-electron chi connectivity index (χ0n) is 9.13. The fourth-order valence-electron chi connectivity index (χ4n) is 1.30. The highest BCUT2D eigenvalue weighted by molar-refractivity contribution is 5.73. The number of carboxylic acid groups (broad SMARTS) is 1. The Bertz CT molecular complexity index is 213. The van der Waals surface area contributed by atoms with Crippen LogP contribution >= 0.6 is 0 Å². The number of halogens is 3. The summed E-state index contributed by atoms with van der Waals surface area (Å²) in [6.45, 7) is 3.36. The Morgan fingerprint density at radius 1 is 1.44 bits per heavy atom. The Hall–Kier alpha value is -0.820. The molecule has 0 aliphatic carbocycles. The fraction of sp³-hybridized carbons (Fsp3) is 0.889. The third kappa shape index (κ3) is 6.62. The van der Waals surface area contributed by atoms with Crippen LogP contribution in [0.5, 0.6) is 0 Å². The molecule has 0 radical (unpaired) electrons. The number of piperidine rings is 1. The summed E-state index contributed by atoms with van der Waals surface area (Å²) in [6.07, 6.45) is -2.49. The second kappa shape index (κ2) is 6.70. The van der Waals surface area contributed by atoms with E-state index in [1.165, 1.54) is 25.9 Å². The molecule has 0 bridgehead atoms. The van der Waals surface area contributed by atoms with Crippen molar-refractivity contribution in [2.75, 3.05) is 26.7 Å². The van der Waals surface area contributed by atoms with Crippen LogP contribution in [0, 0.1) is 5.92 Å². The summed E-state index contributed by atoms with van der Waals surface area (Å²) < 4.78 is 31.7. The Morgan fingerprint density at radius 3 is 2.06 bits per heavy atom. The number of rotatable bonds is 1. The molecule has 0 amide bonds. The van der Waals surface area contributed by atoms with Gasteiger partial charge in [0, 0.05) is 0 Å². The van der Waals surface area contributed by atoms with Crippen LogP contribution in [0.1, 0.15) is 12.8 Å². The molecule has 0 aromatic heterocycles. The first-order valence-corrected chi connectivity index (χ1v) is 4.96. The molecule has 1 heterocycles. The molecule has 0 aromatic rings. The lowest BCUT2D eigenvalue weighted by Gasteiger charge is -2.27. The van der Waals surface area contributed by atoms with Crippen LogP contribution in [0.3, 0.4) is 0 Å². The number of hydrogen-bond acceptors (Lipinski definition) is 3. The molecule has 4 nitrogen and oxygen atoms in total. The lowest BCUT2D eigenvalue weighted by atomic mass is 9.98. The number of hydrogen-bond donors (Lipinski definition) is 2. The predicted molar refractivity (Wildman–Crippen MR) is 53.0 cm³/mol. The molecule has 0 saturated carbocycles. The first-order valence-electron chi connectivity index (χ1n) is 4.96. The van der Waals surface area contributed by atoms with Crippen molar-refractivity contribution in [2.24, 2.45) is 11.7 Å². The van der Waals surface area contributed by atoms with Crippen molar-refractivity contribution in [3.8, 4) is 0 Å². The van der Waals surface area contributed by atoms with Crippen LogP contribution < -0.4 is 5.73 Å². The molecule has 96 valence electrons. The van der Waals surface area contributed by atoms with Crippen molar-refractivity contribution in [1.29, 1.82) is 0 Å². The topological polar surface area (TPSA) is 66.6 Å². The van der Waals surface area contributed by atoms with Gasteiger partial charge in [-0.2, -0.15) is 13.2 Å². The quantitative estimate of drug-likeness (QED) is 0.717. The molecule has 0 unspecified atom stereocenters. The van der Waals surface area contributed by atoms with Crippen molar-refractivity contribution in [1.82, 2.24) is 4.90 Å². The lowest BCUT2D eigenvalue weighted by Crippen LogP contribution is -2.33. The van der Waals surface area contributed by atoms with Crippen molar-refractivity contribution >= 4 is 5.97 Å². The molecule has 1 aliphatic rings. The standard InChI is InChI=1S/C7H16N2.C2HF3O2/c1-9-4-2-7(6-8)3-5-9;3-2(4,5)1(6)7/h7H,2-6,8H2,1H3;(H,6,7). The average Bonchev–Trinajstić information content (AvgIpc) is 2.18. The van der Waals surface area contributed by atoms with Crippen molar-refractivity contribution in [2.45, 2.75) is 19.0 Å². The van der Waals surface area contributed by atoms with Gasteiger partial charge in [0.1, 0.15) is 0 Å². The molecule has 16 heavy (non-hydrogen) atoms. The molecular formula is C9H17F3N2O2. The van der Waals surface area contributed by atoms with Crippen LogP contribution in [0.25, 0.3) is 0 Å². The highest BCUT2D eigenvalue weighted by atomic mass is 19.4. The highest BCUT2D eigenvalue weighted by Gasteiger charge is 2.38. The lowest BCUT2D eigenvalue weighted by molar-refractivity contribution is -0.192. The fourth-order valence-corrected chi connectivity index (χ4v) is 1.30. The molecule has 1 saturated heterocycles.